The molecule has 2 aromatic carbocycles. The van der Waals surface area contributed by atoms with Gasteiger partial charge in [0.05, 0.1) is 11.6 Å². The second kappa shape index (κ2) is 11.8. The van der Waals surface area contributed by atoms with Crippen LogP contribution in [-0.4, -0.2) is 46.9 Å². The van der Waals surface area contributed by atoms with Crippen molar-refractivity contribution in [2.75, 3.05) is 25.1 Å². The monoisotopic (exact) mass is 506 g/mol. The molecule has 9 heteroatoms. The summed E-state index contributed by atoms with van der Waals surface area (Å²) in [5, 5.41) is 11.7. The molecule has 0 aliphatic carbocycles. The number of aromatic nitrogens is 3. The average molecular weight is 507 g/mol. The Morgan fingerprint density at radius 2 is 1.86 bits per heavy atom. The zero-order valence-electron chi connectivity index (χ0n) is 20.1. The molecule has 0 unspecified atom stereocenters. The van der Waals surface area contributed by atoms with Crippen molar-refractivity contribution in [1.29, 1.82) is 0 Å². The topological polar surface area (TPSA) is 102 Å². The molecule has 36 heavy (non-hydrogen) atoms. The van der Waals surface area contributed by atoms with Crippen molar-refractivity contribution in [3.8, 4) is 34.0 Å². The second-order valence-corrected chi connectivity index (χ2v) is 8.78. The number of aryl methyl sites for hydroxylation is 1. The van der Waals surface area contributed by atoms with Crippen molar-refractivity contribution in [2.45, 2.75) is 26.4 Å². The zero-order valence-corrected chi connectivity index (χ0v) is 20.9. The van der Waals surface area contributed by atoms with Crippen LogP contribution in [0.4, 0.5) is 5.82 Å². The lowest BCUT2D eigenvalue weighted by atomic mass is 9.94. The van der Waals surface area contributed by atoms with Gasteiger partial charge >= 0.3 is 0 Å². The summed E-state index contributed by atoms with van der Waals surface area (Å²) in [5.41, 5.74) is 6.15. The number of ether oxygens (including phenoxy) is 1. The number of benzene rings is 2. The van der Waals surface area contributed by atoms with Crippen LogP contribution >= 0.6 is 11.6 Å². The minimum Gasteiger partial charge on any atom is -0.483 e. The van der Waals surface area contributed by atoms with Gasteiger partial charge in [-0.05, 0) is 60.2 Å². The predicted molar refractivity (Wildman–Crippen MR) is 139 cm³/mol. The number of anilines is 1. The molecule has 1 aliphatic heterocycles. The van der Waals surface area contributed by atoms with E-state index in [1.165, 1.54) is 24.0 Å². The molecule has 4 aromatic rings. The molecule has 186 valence electrons. The zero-order chi connectivity index (χ0) is 25.5. The van der Waals surface area contributed by atoms with Crippen molar-refractivity contribution in [3.05, 3.63) is 70.9 Å². The third-order valence-corrected chi connectivity index (χ3v) is 6.28. The Kier molecular flexibility index (Phi) is 8.30. The van der Waals surface area contributed by atoms with E-state index in [2.05, 4.69) is 45.1 Å². The van der Waals surface area contributed by atoms with Crippen LogP contribution in [0.3, 0.4) is 0 Å². The van der Waals surface area contributed by atoms with Crippen LogP contribution in [0.2, 0.25) is 5.02 Å². The third kappa shape index (κ3) is 5.56. The van der Waals surface area contributed by atoms with Gasteiger partial charge in [0, 0.05) is 37.5 Å². The van der Waals surface area contributed by atoms with Crippen LogP contribution in [0, 0.1) is 6.92 Å². The van der Waals surface area contributed by atoms with Crippen LogP contribution in [0.5, 0.6) is 0 Å². The first-order valence-electron chi connectivity index (χ1n) is 11.6. The SMILES string of the molecule is COCc1cc(-c2nc(-c3cnc(N4CCCC4)c(Cl)c3)no2)ccc1-c1ccccc1C.O=CO. The van der Waals surface area contributed by atoms with E-state index < -0.39 is 0 Å². The summed E-state index contributed by atoms with van der Waals surface area (Å²) < 4.78 is 11.1. The maximum absolute atomic E-state index is 8.36. The summed E-state index contributed by atoms with van der Waals surface area (Å²) in [4.78, 5) is 19.7. The molecule has 5 rings (SSSR count). The lowest BCUT2D eigenvalue weighted by Gasteiger charge is -2.17. The van der Waals surface area contributed by atoms with E-state index in [1.807, 2.05) is 30.3 Å². The Hall–Kier alpha value is -3.75. The van der Waals surface area contributed by atoms with Gasteiger partial charge in [-0.3, -0.25) is 4.79 Å². The first-order chi connectivity index (χ1) is 17.5. The predicted octanol–water partition coefficient (Wildman–Crippen LogP) is 5.87. The van der Waals surface area contributed by atoms with E-state index in [-0.39, 0.29) is 6.47 Å². The van der Waals surface area contributed by atoms with E-state index in [9.17, 15) is 0 Å². The molecule has 0 atom stereocenters. The maximum Gasteiger partial charge on any atom is 0.290 e. The number of hydrogen-bond acceptors (Lipinski definition) is 7. The number of hydrogen-bond donors (Lipinski definition) is 1. The van der Waals surface area contributed by atoms with Gasteiger partial charge in [0.25, 0.3) is 12.4 Å². The number of carbonyl (C=O) groups is 1. The van der Waals surface area contributed by atoms with Crippen molar-refractivity contribution >= 4 is 23.9 Å². The summed E-state index contributed by atoms with van der Waals surface area (Å²) >= 11 is 6.52. The van der Waals surface area contributed by atoms with Crippen LogP contribution in [0.15, 0.2) is 59.3 Å². The van der Waals surface area contributed by atoms with Crippen LogP contribution in [0.1, 0.15) is 24.0 Å². The van der Waals surface area contributed by atoms with E-state index >= 15 is 0 Å². The highest BCUT2D eigenvalue weighted by Gasteiger charge is 2.19. The van der Waals surface area contributed by atoms with E-state index in [0.717, 1.165) is 41.2 Å². The molecule has 0 radical (unpaired) electrons. The average Bonchev–Trinajstić information content (AvgIpc) is 3.58. The van der Waals surface area contributed by atoms with Gasteiger partial charge < -0.3 is 19.3 Å². The molecule has 1 fully saturated rings. The largest absolute Gasteiger partial charge is 0.483 e. The van der Waals surface area contributed by atoms with E-state index in [0.29, 0.717) is 23.3 Å². The van der Waals surface area contributed by atoms with Crippen LogP contribution in [-0.2, 0) is 16.1 Å². The molecule has 0 spiro atoms. The minimum absolute atomic E-state index is 0.250. The number of carboxylic acid groups (broad SMARTS) is 1. The summed E-state index contributed by atoms with van der Waals surface area (Å²) in [6.45, 7) is 4.32. The lowest BCUT2D eigenvalue weighted by Crippen LogP contribution is -2.19. The highest BCUT2D eigenvalue weighted by Crippen LogP contribution is 2.33. The maximum atomic E-state index is 8.36. The number of rotatable bonds is 6. The number of pyridine rings is 1. The molecule has 0 saturated carbocycles. The van der Waals surface area contributed by atoms with E-state index in [1.54, 1.807) is 13.3 Å². The Bertz CT molecular complexity index is 1340. The summed E-state index contributed by atoms with van der Waals surface area (Å²) in [5.74, 6) is 1.72. The summed E-state index contributed by atoms with van der Waals surface area (Å²) in [6, 6.07) is 16.3. The lowest BCUT2D eigenvalue weighted by molar-refractivity contribution is -0.122. The minimum atomic E-state index is -0.250. The van der Waals surface area contributed by atoms with Gasteiger partial charge in [-0.2, -0.15) is 4.98 Å². The Balaban J connectivity index is 0.000000967. The number of nitrogens with zero attached hydrogens (tertiary/aromatic N) is 4. The number of halogens is 1. The molecular formula is C27H27ClN4O4. The summed E-state index contributed by atoms with van der Waals surface area (Å²) in [7, 11) is 1.70. The first kappa shape index (κ1) is 25.3. The molecule has 1 aliphatic rings. The first-order valence-corrected chi connectivity index (χ1v) is 11.9. The molecular weight excluding hydrogens is 480 g/mol. The highest BCUT2D eigenvalue weighted by molar-refractivity contribution is 6.33. The molecule has 8 nitrogen and oxygen atoms in total. The highest BCUT2D eigenvalue weighted by atomic mass is 35.5. The Labute approximate surface area is 214 Å². The molecule has 0 bridgehead atoms. The quantitative estimate of drug-likeness (QED) is 0.324. The Morgan fingerprint density at radius 3 is 2.56 bits per heavy atom. The molecule has 1 saturated heterocycles. The molecule has 0 amide bonds. The van der Waals surface area contributed by atoms with Crippen molar-refractivity contribution < 1.29 is 19.2 Å². The standard InChI is InChI=1S/C26H25ClN4O2.CH2O2/c1-17-7-3-4-8-21(17)22-10-9-18(13-20(22)16-32-2)26-29-24(30-33-26)19-14-23(27)25(28-15-19)31-11-5-6-12-31;2-1-3/h3-4,7-10,13-15H,5-6,11-12,16H2,1-2H3;1H,(H,2,3). The van der Waals surface area contributed by atoms with Gasteiger partial charge in [0.1, 0.15) is 5.82 Å². The normalized spacial score (nSPS) is 12.8. The molecule has 2 aromatic heterocycles. The van der Waals surface area contributed by atoms with Gasteiger partial charge in [0.2, 0.25) is 5.82 Å². The molecule has 1 N–H and O–H groups in total. The van der Waals surface area contributed by atoms with Gasteiger partial charge in [-0.1, -0.05) is 47.1 Å². The smallest absolute Gasteiger partial charge is 0.290 e. The number of methoxy groups -OCH3 is 1. The van der Waals surface area contributed by atoms with Crippen molar-refractivity contribution in [2.24, 2.45) is 0 Å². The fourth-order valence-corrected chi connectivity index (χ4v) is 4.60. The van der Waals surface area contributed by atoms with Crippen LogP contribution < -0.4 is 4.90 Å². The third-order valence-electron chi connectivity index (χ3n) is 6.00. The fraction of sp³-hybridized carbons (Fsp3) is 0.259. The van der Waals surface area contributed by atoms with Gasteiger partial charge in [-0.15, -0.1) is 0 Å². The second-order valence-electron chi connectivity index (χ2n) is 8.37. The fourth-order valence-electron chi connectivity index (χ4n) is 4.31. The van der Waals surface area contributed by atoms with Gasteiger partial charge in [-0.25, -0.2) is 4.98 Å². The molecule has 3 heterocycles. The van der Waals surface area contributed by atoms with Crippen molar-refractivity contribution in [1.82, 2.24) is 15.1 Å². The van der Waals surface area contributed by atoms with Crippen molar-refractivity contribution in [3.63, 3.8) is 0 Å². The van der Waals surface area contributed by atoms with E-state index in [4.69, 9.17) is 30.8 Å². The Morgan fingerprint density at radius 1 is 1.11 bits per heavy atom. The summed E-state index contributed by atoms with van der Waals surface area (Å²) in [6.07, 6.45) is 4.09. The van der Waals surface area contributed by atoms with Gasteiger partial charge in [0.15, 0.2) is 0 Å². The van der Waals surface area contributed by atoms with Crippen LogP contribution in [0.25, 0.3) is 34.0 Å².